The Hall–Kier alpha value is -3.93. The second-order valence-electron chi connectivity index (χ2n) is 7.96. The van der Waals surface area contributed by atoms with Gasteiger partial charge in [-0.05, 0) is 30.5 Å². The van der Waals surface area contributed by atoms with Gasteiger partial charge in [-0.1, -0.05) is 23.3 Å². The fraction of sp³-hybridized carbons (Fsp3) is 0.333. The Morgan fingerprint density at radius 1 is 1.39 bits per heavy atom. The molecule has 5 rings (SSSR count). The molecule has 11 nitrogen and oxygen atoms in total. The van der Waals surface area contributed by atoms with Crippen LogP contribution in [0.4, 0.5) is 23.3 Å². The van der Waals surface area contributed by atoms with Gasteiger partial charge in [-0.3, -0.25) is 9.69 Å². The number of amides is 1. The highest BCUT2D eigenvalue weighted by molar-refractivity contribution is 6.34. The number of benzene rings is 1. The molecule has 0 bridgehead atoms. The van der Waals surface area contributed by atoms with Crippen LogP contribution in [-0.4, -0.2) is 56.1 Å². The van der Waals surface area contributed by atoms with Gasteiger partial charge in [-0.25, -0.2) is 4.98 Å². The van der Waals surface area contributed by atoms with Crippen molar-refractivity contribution in [3.63, 3.8) is 0 Å². The Morgan fingerprint density at radius 3 is 2.97 bits per heavy atom. The monoisotopic (exact) mass is 462 g/mol. The second-order valence-corrected chi connectivity index (χ2v) is 8.34. The van der Waals surface area contributed by atoms with E-state index < -0.39 is 0 Å². The first kappa shape index (κ1) is 20.9. The number of anilines is 3. The number of hydrogen-bond acceptors (Lipinski definition) is 8. The Morgan fingerprint density at radius 2 is 2.24 bits per heavy atom. The zero-order valence-corrected chi connectivity index (χ0v) is 18.2. The fourth-order valence-corrected chi connectivity index (χ4v) is 3.88. The van der Waals surface area contributed by atoms with Crippen molar-refractivity contribution in [3.05, 3.63) is 45.9 Å². The quantitative estimate of drug-likeness (QED) is 0.476. The van der Waals surface area contributed by atoms with Gasteiger partial charge >= 0.3 is 0 Å². The Balaban J connectivity index is 1.50. The minimum Gasteiger partial charge on any atom is -0.362 e. The van der Waals surface area contributed by atoms with Crippen LogP contribution in [0.1, 0.15) is 24.0 Å². The molecule has 1 aliphatic carbocycles. The molecule has 0 atom stereocenters. The molecule has 166 valence electrons. The molecule has 2 aromatic heterocycles. The lowest BCUT2D eigenvalue weighted by Crippen LogP contribution is -2.47. The van der Waals surface area contributed by atoms with Gasteiger partial charge in [0.15, 0.2) is 5.82 Å². The van der Waals surface area contributed by atoms with E-state index in [1.54, 1.807) is 12.1 Å². The zero-order chi connectivity index (χ0) is 22.9. The van der Waals surface area contributed by atoms with E-state index in [2.05, 4.69) is 41.9 Å². The number of imidazole rings is 1. The van der Waals surface area contributed by atoms with Crippen LogP contribution in [-0.2, 0) is 11.3 Å². The van der Waals surface area contributed by atoms with Crippen LogP contribution in [0, 0.1) is 17.9 Å². The van der Waals surface area contributed by atoms with Crippen LogP contribution in [0.25, 0.3) is 10.5 Å². The summed E-state index contributed by atoms with van der Waals surface area (Å²) in [6, 6.07) is 5.82. The lowest BCUT2D eigenvalue weighted by Gasteiger charge is -2.27. The third kappa shape index (κ3) is 4.37. The largest absolute Gasteiger partial charge is 0.362 e. The van der Waals surface area contributed by atoms with E-state index in [9.17, 15) is 10.1 Å². The summed E-state index contributed by atoms with van der Waals surface area (Å²) in [7, 11) is 0. The molecule has 0 spiro atoms. The Labute approximate surface area is 194 Å². The van der Waals surface area contributed by atoms with E-state index in [-0.39, 0.29) is 24.2 Å². The molecule has 12 heteroatoms. The van der Waals surface area contributed by atoms with Crippen molar-refractivity contribution < 1.29 is 4.79 Å². The molecule has 33 heavy (non-hydrogen) atoms. The van der Waals surface area contributed by atoms with Crippen molar-refractivity contribution in [2.75, 3.05) is 30.3 Å². The van der Waals surface area contributed by atoms with Gasteiger partial charge < -0.3 is 20.8 Å². The van der Waals surface area contributed by atoms with E-state index in [1.165, 1.54) is 10.7 Å². The van der Waals surface area contributed by atoms with E-state index in [0.29, 0.717) is 53.4 Å². The summed E-state index contributed by atoms with van der Waals surface area (Å²) in [5.74, 6) is 0.960. The molecule has 1 aromatic carbocycles. The van der Waals surface area contributed by atoms with Crippen molar-refractivity contribution in [2.45, 2.75) is 25.4 Å². The predicted molar refractivity (Wildman–Crippen MR) is 121 cm³/mol. The van der Waals surface area contributed by atoms with Gasteiger partial charge in [-0.2, -0.15) is 10.2 Å². The van der Waals surface area contributed by atoms with Gasteiger partial charge in [0.25, 0.3) is 17.4 Å². The molecule has 3 aromatic rings. The molecular formula is C21H19ClN10O. The van der Waals surface area contributed by atoms with Gasteiger partial charge in [0, 0.05) is 25.7 Å². The number of carbonyl (C=O) groups excluding carboxylic acids is 1. The summed E-state index contributed by atoms with van der Waals surface area (Å²) in [4.78, 5) is 26.0. The molecule has 1 amide bonds. The first-order chi connectivity index (χ1) is 16.0. The molecule has 0 radical (unpaired) electrons. The fourth-order valence-electron chi connectivity index (χ4n) is 3.66. The third-order valence-electron chi connectivity index (χ3n) is 5.41. The maximum atomic E-state index is 11.7. The highest BCUT2D eigenvalue weighted by Gasteiger charge is 2.26. The van der Waals surface area contributed by atoms with Crippen molar-refractivity contribution in [3.8, 4) is 6.07 Å². The first-order valence-electron chi connectivity index (χ1n) is 10.4. The molecule has 1 saturated heterocycles. The molecule has 1 aliphatic heterocycles. The number of halogens is 1. The van der Waals surface area contributed by atoms with Gasteiger partial charge in [0.1, 0.15) is 0 Å². The number of nitrogens with one attached hydrogen (secondary N) is 3. The Bertz CT molecular complexity index is 1330. The van der Waals surface area contributed by atoms with Crippen LogP contribution >= 0.6 is 11.6 Å². The van der Waals surface area contributed by atoms with Crippen LogP contribution in [0.2, 0.25) is 5.02 Å². The van der Waals surface area contributed by atoms with E-state index in [1.807, 2.05) is 4.90 Å². The van der Waals surface area contributed by atoms with E-state index >= 15 is 0 Å². The zero-order valence-electron chi connectivity index (χ0n) is 17.5. The molecule has 1 saturated carbocycles. The summed E-state index contributed by atoms with van der Waals surface area (Å²) in [5, 5.41) is 23.6. The van der Waals surface area contributed by atoms with E-state index in [0.717, 1.165) is 18.4 Å². The molecule has 3 N–H and O–H groups in total. The number of aromatic nitrogens is 4. The number of fused-ring (bicyclic) bond motifs is 1. The van der Waals surface area contributed by atoms with E-state index in [4.69, 9.17) is 18.2 Å². The third-order valence-corrected chi connectivity index (χ3v) is 5.86. The van der Waals surface area contributed by atoms with Crippen molar-refractivity contribution >= 4 is 46.4 Å². The highest BCUT2D eigenvalue weighted by atomic mass is 35.5. The Kier molecular flexibility index (Phi) is 5.42. The summed E-state index contributed by atoms with van der Waals surface area (Å²) < 4.78 is 1.43. The lowest BCUT2D eigenvalue weighted by molar-refractivity contribution is -0.124. The van der Waals surface area contributed by atoms with Crippen LogP contribution in [0.15, 0.2) is 18.3 Å². The molecule has 3 heterocycles. The minimum absolute atomic E-state index is 0.0412. The number of hydrogen-bond donors (Lipinski definition) is 3. The number of carbonyl (C=O) groups is 1. The molecule has 2 aliphatic rings. The number of rotatable bonds is 6. The normalized spacial score (nSPS) is 16.2. The maximum absolute atomic E-state index is 11.7. The summed E-state index contributed by atoms with van der Waals surface area (Å²) in [5.41, 5.74) is 2.07. The van der Waals surface area contributed by atoms with Crippen molar-refractivity contribution in [1.82, 2.24) is 29.8 Å². The topological polar surface area (TPSA) is 128 Å². The average molecular weight is 463 g/mol. The van der Waals surface area contributed by atoms with Gasteiger partial charge in [0.2, 0.25) is 5.91 Å². The standard InChI is InChI=1S/C21H19ClN10O/c1-24-16-9-26-20-19(27-14-2-3-14)29-21(30-32(16)20)28-15-7-12(8-23)6-13(18(15)22)10-31-5-4-25-17(33)11-31/h6-7,9,14H,2-5,10-11H2,(H,25,33)(H2,27,28,29,30). The van der Waals surface area contributed by atoms with Crippen LogP contribution in [0.5, 0.6) is 0 Å². The SMILES string of the molecule is [C-]#[N+]c1cnc2c(NC3CC3)nc(Nc3cc(C#N)cc(CN4CCNC(=O)C4)c3Cl)nn12. The minimum atomic E-state index is -0.0412. The molecular weight excluding hydrogens is 444 g/mol. The van der Waals surface area contributed by atoms with Crippen molar-refractivity contribution in [2.24, 2.45) is 0 Å². The summed E-state index contributed by atoms with van der Waals surface area (Å²) in [6.07, 6.45) is 3.54. The number of piperazine rings is 1. The molecule has 0 unspecified atom stereocenters. The van der Waals surface area contributed by atoms with Crippen LogP contribution < -0.4 is 16.0 Å². The lowest BCUT2D eigenvalue weighted by atomic mass is 10.1. The predicted octanol–water partition coefficient (Wildman–Crippen LogP) is 2.45. The van der Waals surface area contributed by atoms with Gasteiger partial charge in [0.05, 0.1) is 35.1 Å². The number of nitrogens with zero attached hydrogens (tertiary/aromatic N) is 7. The average Bonchev–Trinajstić information content (AvgIpc) is 3.52. The first-order valence-corrected chi connectivity index (χ1v) is 10.8. The van der Waals surface area contributed by atoms with Gasteiger partial charge in [-0.15, -0.1) is 4.52 Å². The second kappa shape index (κ2) is 8.54. The maximum Gasteiger partial charge on any atom is 0.275 e. The smallest absolute Gasteiger partial charge is 0.275 e. The van der Waals surface area contributed by atoms with Crippen LogP contribution in [0.3, 0.4) is 0 Å². The summed E-state index contributed by atoms with van der Waals surface area (Å²) in [6.45, 7) is 9.34. The van der Waals surface area contributed by atoms with Crippen molar-refractivity contribution in [1.29, 1.82) is 5.26 Å². The summed E-state index contributed by atoms with van der Waals surface area (Å²) >= 11 is 6.70. The highest BCUT2D eigenvalue weighted by Crippen LogP contribution is 2.32. The molecule has 2 fully saturated rings. The number of nitriles is 1.